The smallest absolute Gasteiger partial charge is 0.387 e. The number of hydrogen-bond acceptors (Lipinski definition) is 5. The molecule has 1 N–H and O–H groups in total. The third-order valence-electron chi connectivity index (χ3n) is 3.72. The van der Waals surface area contributed by atoms with Crippen LogP contribution in [0.2, 0.25) is 0 Å². The molecule has 152 valence electrons. The van der Waals surface area contributed by atoms with Gasteiger partial charge >= 0.3 is 12.6 Å². The van der Waals surface area contributed by atoms with E-state index in [9.17, 15) is 23.2 Å². The maximum Gasteiger partial charge on any atom is 0.387 e. The van der Waals surface area contributed by atoms with Crippen LogP contribution >= 0.6 is 0 Å². The molecule has 0 fully saturated rings. The normalized spacial score (nSPS) is 11.9. The van der Waals surface area contributed by atoms with E-state index in [4.69, 9.17) is 4.74 Å². The number of carbonyl (C=O) groups is 3. The Kier molecular flexibility index (Phi) is 7.59. The molecule has 2 aromatic rings. The van der Waals surface area contributed by atoms with Crippen molar-refractivity contribution in [1.29, 1.82) is 0 Å². The van der Waals surface area contributed by atoms with E-state index in [1.54, 1.807) is 18.2 Å². The second kappa shape index (κ2) is 10.1. The number of esters is 1. The van der Waals surface area contributed by atoms with Gasteiger partial charge in [-0.1, -0.05) is 24.3 Å². The zero-order chi connectivity index (χ0) is 21.4. The second-order valence-electron chi connectivity index (χ2n) is 5.99. The molecule has 1 atom stereocenters. The van der Waals surface area contributed by atoms with E-state index in [0.29, 0.717) is 16.8 Å². The summed E-state index contributed by atoms with van der Waals surface area (Å²) in [5.74, 6) is -1.45. The van der Waals surface area contributed by atoms with E-state index < -0.39 is 24.6 Å². The highest BCUT2D eigenvalue weighted by atomic mass is 19.3. The molecule has 0 unspecified atom stereocenters. The number of ketones is 1. The van der Waals surface area contributed by atoms with Gasteiger partial charge in [-0.25, -0.2) is 4.79 Å². The minimum Gasteiger partial charge on any atom is -0.449 e. The van der Waals surface area contributed by atoms with Gasteiger partial charge in [0.05, 0.1) is 0 Å². The molecule has 2 aromatic carbocycles. The number of alkyl halides is 2. The van der Waals surface area contributed by atoms with Crippen molar-refractivity contribution >= 4 is 29.4 Å². The number of Topliss-reactive ketones (excluding diaryl/α,β-unsaturated/α-hetero) is 1. The summed E-state index contributed by atoms with van der Waals surface area (Å²) in [6.07, 6.45) is 1.45. The third kappa shape index (κ3) is 7.17. The van der Waals surface area contributed by atoms with E-state index in [1.807, 2.05) is 0 Å². The largest absolute Gasteiger partial charge is 0.449 e. The highest BCUT2D eigenvalue weighted by molar-refractivity contribution is 5.99. The number of rotatable bonds is 8. The van der Waals surface area contributed by atoms with Crippen molar-refractivity contribution in [2.24, 2.45) is 0 Å². The van der Waals surface area contributed by atoms with Crippen molar-refractivity contribution in [3.63, 3.8) is 0 Å². The van der Waals surface area contributed by atoms with Crippen LogP contribution in [0, 0.1) is 0 Å². The van der Waals surface area contributed by atoms with E-state index in [1.165, 1.54) is 50.3 Å². The maximum atomic E-state index is 12.2. The number of nitrogens with one attached hydrogen (secondary N) is 1. The molecule has 0 radical (unpaired) electrons. The molecule has 6 nitrogen and oxygen atoms in total. The van der Waals surface area contributed by atoms with Crippen molar-refractivity contribution in [1.82, 2.24) is 0 Å². The van der Waals surface area contributed by atoms with Gasteiger partial charge < -0.3 is 14.8 Å². The van der Waals surface area contributed by atoms with Crippen LogP contribution in [-0.4, -0.2) is 30.4 Å². The van der Waals surface area contributed by atoms with Crippen molar-refractivity contribution in [2.75, 3.05) is 5.32 Å². The number of hydrogen-bond donors (Lipinski definition) is 1. The highest BCUT2D eigenvalue weighted by Crippen LogP contribution is 2.16. The lowest BCUT2D eigenvalue weighted by molar-refractivity contribution is -0.148. The Morgan fingerprint density at radius 3 is 2.38 bits per heavy atom. The summed E-state index contributed by atoms with van der Waals surface area (Å²) in [6.45, 7) is -0.0902. The topological polar surface area (TPSA) is 81.7 Å². The molecule has 0 aliphatic heterocycles. The zero-order valence-corrected chi connectivity index (χ0v) is 15.7. The molecule has 0 bridgehead atoms. The molecule has 0 spiro atoms. The van der Waals surface area contributed by atoms with Crippen molar-refractivity contribution in [3.8, 4) is 5.75 Å². The van der Waals surface area contributed by atoms with E-state index in [-0.39, 0.29) is 11.5 Å². The summed E-state index contributed by atoms with van der Waals surface area (Å²) in [6, 6.07) is 12.0. The molecule has 0 aromatic heterocycles. The van der Waals surface area contributed by atoms with Gasteiger partial charge in [-0.05, 0) is 49.8 Å². The fraction of sp³-hybridized carbons (Fsp3) is 0.190. The van der Waals surface area contributed by atoms with E-state index in [2.05, 4.69) is 10.1 Å². The first kappa shape index (κ1) is 21.7. The van der Waals surface area contributed by atoms with Crippen molar-refractivity contribution in [3.05, 3.63) is 65.7 Å². The average molecular weight is 403 g/mol. The Bertz CT molecular complexity index is 910. The predicted octanol–water partition coefficient (Wildman–Crippen LogP) is 4.07. The maximum absolute atomic E-state index is 12.2. The van der Waals surface area contributed by atoms with E-state index in [0.717, 1.165) is 6.08 Å². The summed E-state index contributed by atoms with van der Waals surface area (Å²) < 4.78 is 33.5. The van der Waals surface area contributed by atoms with Gasteiger partial charge in [0.25, 0.3) is 5.91 Å². The third-order valence-corrected chi connectivity index (χ3v) is 3.72. The van der Waals surface area contributed by atoms with Crippen LogP contribution < -0.4 is 10.1 Å². The quantitative estimate of drug-likeness (QED) is 0.408. The van der Waals surface area contributed by atoms with Crippen LogP contribution in [0.5, 0.6) is 5.75 Å². The lowest BCUT2D eigenvalue weighted by atomic mass is 10.1. The molecule has 0 aliphatic rings. The van der Waals surface area contributed by atoms with Gasteiger partial charge in [-0.3, -0.25) is 9.59 Å². The standard InChI is InChI=1S/C21H19F2NO5/c1-13(25)16-4-3-5-17(12-16)24-20(27)14(2)28-19(26)11-8-15-6-9-18(10-7-15)29-21(22)23/h3-12,14,21H,1-2H3,(H,24,27)/b11-8+/t14-/m1/s1. The molecule has 0 saturated carbocycles. The second-order valence-corrected chi connectivity index (χ2v) is 5.99. The van der Waals surface area contributed by atoms with Crippen LogP contribution in [0.4, 0.5) is 14.5 Å². The molecule has 0 heterocycles. The number of anilines is 1. The first-order valence-corrected chi connectivity index (χ1v) is 8.60. The molecular formula is C21H19F2NO5. The lowest BCUT2D eigenvalue weighted by Crippen LogP contribution is -2.29. The van der Waals surface area contributed by atoms with Crippen LogP contribution in [0.25, 0.3) is 6.08 Å². The van der Waals surface area contributed by atoms with E-state index >= 15 is 0 Å². The molecule has 8 heteroatoms. The summed E-state index contributed by atoms with van der Waals surface area (Å²) in [7, 11) is 0. The Labute approximate surface area is 166 Å². The molecule has 0 saturated heterocycles. The minimum absolute atomic E-state index is 0.00105. The van der Waals surface area contributed by atoms with Crippen LogP contribution in [0.1, 0.15) is 29.8 Å². The summed E-state index contributed by atoms with van der Waals surface area (Å²) in [4.78, 5) is 35.4. The Morgan fingerprint density at radius 2 is 1.76 bits per heavy atom. The first-order valence-electron chi connectivity index (χ1n) is 8.60. The highest BCUT2D eigenvalue weighted by Gasteiger charge is 2.17. The van der Waals surface area contributed by atoms with Crippen molar-refractivity contribution < 1.29 is 32.6 Å². The molecule has 0 aliphatic carbocycles. The van der Waals surface area contributed by atoms with Gasteiger partial charge in [-0.15, -0.1) is 0 Å². The minimum atomic E-state index is -2.91. The fourth-order valence-corrected chi connectivity index (χ4v) is 2.25. The van der Waals surface area contributed by atoms with Gasteiger partial charge in [0, 0.05) is 17.3 Å². The van der Waals surface area contributed by atoms with Crippen LogP contribution in [0.15, 0.2) is 54.6 Å². The molecule has 1 amide bonds. The monoisotopic (exact) mass is 403 g/mol. The van der Waals surface area contributed by atoms with Gasteiger partial charge in [-0.2, -0.15) is 8.78 Å². The summed E-state index contributed by atoms with van der Waals surface area (Å²) >= 11 is 0. The van der Waals surface area contributed by atoms with Crippen LogP contribution in [0.3, 0.4) is 0 Å². The molecule has 29 heavy (non-hydrogen) atoms. The number of benzene rings is 2. The zero-order valence-electron chi connectivity index (χ0n) is 15.7. The van der Waals surface area contributed by atoms with Gasteiger partial charge in [0.2, 0.25) is 0 Å². The Hall–Kier alpha value is -3.55. The van der Waals surface area contributed by atoms with Crippen molar-refractivity contribution in [2.45, 2.75) is 26.6 Å². The number of carbonyl (C=O) groups excluding carboxylic acids is 3. The Balaban J connectivity index is 1.89. The number of halogens is 2. The predicted molar refractivity (Wildman–Crippen MR) is 103 cm³/mol. The average Bonchev–Trinajstić information content (AvgIpc) is 2.67. The van der Waals surface area contributed by atoms with Gasteiger partial charge in [0.15, 0.2) is 11.9 Å². The SMILES string of the molecule is CC(=O)c1cccc(NC(=O)[C@@H](C)OC(=O)/C=C/c2ccc(OC(F)F)cc2)c1. The summed E-state index contributed by atoms with van der Waals surface area (Å²) in [5, 5.41) is 2.57. The fourth-order valence-electron chi connectivity index (χ4n) is 2.25. The van der Waals surface area contributed by atoms with Gasteiger partial charge in [0.1, 0.15) is 5.75 Å². The lowest BCUT2D eigenvalue weighted by Gasteiger charge is -2.12. The molecule has 2 rings (SSSR count). The Morgan fingerprint density at radius 1 is 1.07 bits per heavy atom. The number of amides is 1. The number of ether oxygens (including phenoxy) is 2. The first-order chi connectivity index (χ1) is 13.7. The molecular weight excluding hydrogens is 384 g/mol. The summed E-state index contributed by atoms with van der Waals surface area (Å²) in [5.41, 5.74) is 1.41. The van der Waals surface area contributed by atoms with Crippen LogP contribution in [-0.2, 0) is 14.3 Å².